The molecule has 9 heteroatoms. The van der Waals surface area contributed by atoms with Crippen molar-refractivity contribution in [3.8, 4) is 0 Å². The monoisotopic (exact) mass is 466 g/mol. The number of benzene rings is 1. The SMILES string of the molecule is CC(C)OC(=O)CC(NC(=O)/C=C/c1ccc(Br)s1)c1ccccc1[N+](=O)[O-]. The normalized spacial score (nSPS) is 12.1. The maximum Gasteiger partial charge on any atom is 0.308 e. The molecule has 1 amide bonds. The molecular weight excluding hydrogens is 448 g/mol. The molecule has 2 rings (SSSR count). The van der Waals surface area contributed by atoms with Crippen molar-refractivity contribution in [2.45, 2.75) is 32.4 Å². The van der Waals surface area contributed by atoms with Gasteiger partial charge < -0.3 is 10.1 Å². The van der Waals surface area contributed by atoms with E-state index in [9.17, 15) is 19.7 Å². The van der Waals surface area contributed by atoms with Crippen molar-refractivity contribution in [1.82, 2.24) is 5.32 Å². The molecule has 148 valence electrons. The lowest BCUT2D eigenvalue weighted by Crippen LogP contribution is -2.30. The maximum absolute atomic E-state index is 12.4. The minimum absolute atomic E-state index is 0.170. The Hall–Kier alpha value is -2.52. The van der Waals surface area contributed by atoms with Crippen LogP contribution >= 0.6 is 27.3 Å². The van der Waals surface area contributed by atoms with Crippen molar-refractivity contribution < 1.29 is 19.2 Å². The molecule has 28 heavy (non-hydrogen) atoms. The number of nitrogens with one attached hydrogen (secondary N) is 1. The van der Waals surface area contributed by atoms with E-state index in [2.05, 4.69) is 21.2 Å². The van der Waals surface area contributed by atoms with Gasteiger partial charge in [0.25, 0.3) is 5.69 Å². The fourth-order valence-electron chi connectivity index (χ4n) is 2.46. The summed E-state index contributed by atoms with van der Waals surface area (Å²) in [6.07, 6.45) is 2.42. The van der Waals surface area contributed by atoms with Gasteiger partial charge in [0.05, 0.1) is 32.8 Å². The van der Waals surface area contributed by atoms with Crippen LogP contribution in [0.4, 0.5) is 5.69 Å². The molecule has 1 aromatic heterocycles. The fraction of sp³-hybridized carbons (Fsp3) is 0.263. The summed E-state index contributed by atoms with van der Waals surface area (Å²) in [5.74, 6) is -1.02. The van der Waals surface area contributed by atoms with Gasteiger partial charge in [-0.1, -0.05) is 18.2 Å². The Balaban J connectivity index is 2.23. The van der Waals surface area contributed by atoms with E-state index in [1.165, 1.54) is 35.6 Å². The largest absolute Gasteiger partial charge is 0.463 e. The van der Waals surface area contributed by atoms with Gasteiger partial charge in [-0.15, -0.1) is 11.3 Å². The number of ether oxygens (including phenoxy) is 1. The summed E-state index contributed by atoms with van der Waals surface area (Å²) in [5.41, 5.74) is 0.0742. The number of hydrogen-bond donors (Lipinski definition) is 1. The Morgan fingerprint density at radius 2 is 2.00 bits per heavy atom. The van der Waals surface area contributed by atoms with Crippen LogP contribution in [-0.2, 0) is 14.3 Å². The Kier molecular flexibility index (Phi) is 7.89. The maximum atomic E-state index is 12.4. The third-order valence-corrected chi connectivity index (χ3v) is 5.15. The summed E-state index contributed by atoms with van der Waals surface area (Å²) >= 11 is 4.80. The lowest BCUT2D eigenvalue weighted by Gasteiger charge is -2.18. The molecule has 1 atom stereocenters. The third kappa shape index (κ3) is 6.58. The molecule has 0 saturated carbocycles. The van der Waals surface area contributed by atoms with Crippen molar-refractivity contribution in [1.29, 1.82) is 0 Å². The van der Waals surface area contributed by atoms with Crippen molar-refractivity contribution in [3.63, 3.8) is 0 Å². The van der Waals surface area contributed by atoms with E-state index >= 15 is 0 Å². The summed E-state index contributed by atoms with van der Waals surface area (Å²) in [7, 11) is 0. The van der Waals surface area contributed by atoms with Gasteiger partial charge in [-0.2, -0.15) is 0 Å². The second kappa shape index (κ2) is 10.1. The molecular formula is C19H19BrN2O5S. The molecule has 1 aromatic carbocycles. The van der Waals surface area contributed by atoms with Crippen molar-refractivity contribution >= 4 is 50.9 Å². The minimum Gasteiger partial charge on any atom is -0.463 e. The van der Waals surface area contributed by atoms with E-state index in [1.54, 1.807) is 26.0 Å². The van der Waals surface area contributed by atoms with E-state index in [4.69, 9.17) is 4.74 Å². The van der Waals surface area contributed by atoms with Gasteiger partial charge in [-0.3, -0.25) is 19.7 Å². The highest BCUT2D eigenvalue weighted by atomic mass is 79.9. The number of amides is 1. The summed E-state index contributed by atoms with van der Waals surface area (Å²) in [6, 6.07) is 8.82. The number of rotatable bonds is 8. The number of nitro groups is 1. The highest BCUT2D eigenvalue weighted by Gasteiger charge is 2.26. The van der Waals surface area contributed by atoms with Crippen LogP contribution < -0.4 is 5.32 Å². The van der Waals surface area contributed by atoms with E-state index in [0.717, 1.165) is 8.66 Å². The van der Waals surface area contributed by atoms with Gasteiger partial charge in [0.2, 0.25) is 5.91 Å². The molecule has 0 radical (unpaired) electrons. The lowest BCUT2D eigenvalue weighted by molar-refractivity contribution is -0.385. The lowest BCUT2D eigenvalue weighted by atomic mass is 10.0. The minimum atomic E-state index is -0.889. The number of esters is 1. The van der Waals surface area contributed by atoms with Crippen LogP contribution in [0.15, 0.2) is 46.3 Å². The van der Waals surface area contributed by atoms with Crippen LogP contribution in [0.5, 0.6) is 0 Å². The first-order valence-electron chi connectivity index (χ1n) is 8.43. The Bertz CT molecular complexity index is 894. The van der Waals surface area contributed by atoms with Gasteiger partial charge in [-0.25, -0.2) is 0 Å². The van der Waals surface area contributed by atoms with Gasteiger partial charge in [-0.05, 0) is 48.0 Å². The van der Waals surface area contributed by atoms with E-state index in [-0.39, 0.29) is 23.8 Å². The van der Waals surface area contributed by atoms with Crippen LogP contribution in [0.25, 0.3) is 6.08 Å². The Morgan fingerprint density at radius 1 is 1.29 bits per heavy atom. The zero-order valence-corrected chi connectivity index (χ0v) is 17.7. The zero-order chi connectivity index (χ0) is 20.7. The number of carbonyl (C=O) groups is 2. The number of nitrogens with zero attached hydrogens (tertiary/aromatic N) is 1. The molecule has 1 heterocycles. The predicted octanol–water partition coefficient (Wildman–Crippen LogP) is 4.63. The van der Waals surface area contributed by atoms with Crippen molar-refractivity contribution in [3.05, 3.63) is 66.8 Å². The molecule has 0 fully saturated rings. The van der Waals surface area contributed by atoms with Crippen LogP contribution in [-0.4, -0.2) is 22.9 Å². The van der Waals surface area contributed by atoms with Crippen LogP contribution in [0.2, 0.25) is 0 Å². The van der Waals surface area contributed by atoms with Crippen molar-refractivity contribution in [2.24, 2.45) is 0 Å². The smallest absolute Gasteiger partial charge is 0.308 e. The molecule has 0 aliphatic carbocycles. The van der Waals surface area contributed by atoms with E-state index in [1.807, 2.05) is 12.1 Å². The summed E-state index contributed by atoms with van der Waals surface area (Å²) < 4.78 is 6.07. The third-order valence-electron chi connectivity index (χ3n) is 3.56. The number of para-hydroxylation sites is 1. The quantitative estimate of drug-likeness (QED) is 0.264. The fourth-order valence-corrected chi connectivity index (χ4v) is 3.79. The van der Waals surface area contributed by atoms with Gasteiger partial charge >= 0.3 is 5.97 Å². The number of thiophene rings is 1. The summed E-state index contributed by atoms with van der Waals surface area (Å²) in [4.78, 5) is 36.2. The summed E-state index contributed by atoms with van der Waals surface area (Å²) in [5, 5.41) is 14.0. The first kappa shape index (κ1) is 21.8. The predicted molar refractivity (Wildman–Crippen MR) is 111 cm³/mol. The Labute approximate surface area is 174 Å². The molecule has 0 bridgehead atoms. The molecule has 2 aromatic rings. The average Bonchev–Trinajstić information content (AvgIpc) is 3.04. The molecule has 0 saturated heterocycles. The number of carbonyl (C=O) groups excluding carboxylic acids is 2. The number of nitro benzene ring substituents is 1. The molecule has 0 spiro atoms. The zero-order valence-electron chi connectivity index (χ0n) is 15.3. The average molecular weight is 467 g/mol. The second-order valence-electron chi connectivity index (χ2n) is 6.10. The van der Waals surface area contributed by atoms with Gasteiger partial charge in [0.15, 0.2) is 0 Å². The van der Waals surface area contributed by atoms with Crippen LogP contribution in [0, 0.1) is 10.1 Å². The standard InChI is InChI=1S/C19H19BrN2O5S/c1-12(2)27-19(24)11-15(14-5-3-4-6-16(14)22(25)26)21-18(23)10-8-13-7-9-17(20)28-13/h3-10,12,15H,11H2,1-2H3,(H,21,23)/b10-8+. The topological polar surface area (TPSA) is 98.5 Å². The van der Waals surface area contributed by atoms with Crippen LogP contribution in [0.3, 0.4) is 0 Å². The second-order valence-corrected chi connectivity index (χ2v) is 8.59. The van der Waals surface area contributed by atoms with Crippen molar-refractivity contribution in [2.75, 3.05) is 0 Å². The molecule has 1 N–H and O–H groups in total. The molecule has 1 unspecified atom stereocenters. The van der Waals surface area contributed by atoms with Gasteiger partial charge in [0, 0.05) is 17.0 Å². The van der Waals surface area contributed by atoms with E-state index in [0.29, 0.717) is 0 Å². The van der Waals surface area contributed by atoms with Gasteiger partial charge in [0.1, 0.15) is 0 Å². The molecule has 0 aliphatic rings. The Morgan fingerprint density at radius 3 is 2.61 bits per heavy atom. The number of hydrogen-bond acceptors (Lipinski definition) is 6. The molecule has 0 aliphatic heterocycles. The highest BCUT2D eigenvalue weighted by molar-refractivity contribution is 9.11. The summed E-state index contributed by atoms with van der Waals surface area (Å²) in [6.45, 7) is 3.41. The molecule has 7 nitrogen and oxygen atoms in total. The first-order chi connectivity index (χ1) is 13.3. The van der Waals surface area contributed by atoms with Crippen LogP contribution in [0.1, 0.15) is 36.8 Å². The first-order valence-corrected chi connectivity index (χ1v) is 10.0. The number of halogens is 1. The van der Waals surface area contributed by atoms with E-state index < -0.39 is 22.8 Å². The highest BCUT2D eigenvalue weighted by Crippen LogP contribution is 2.28.